The molecule has 0 amide bonds. The molecule has 0 aromatic carbocycles. The molecular formula is C12H15F2NO3. The van der Waals surface area contributed by atoms with Crippen LogP contribution in [0.3, 0.4) is 0 Å². The fourth-order valence-corrected chi connectivity index (χ4v) is 2.54. The van der Waals surface area contributed by atoms with Crippen LogP contribution >= 0.6 is 0 Å². The van der Waals surface area contributed by atoms with Crippen molar-refractivity contribution < 1.29 is 19.1 Å². The van der Waals surface area contributed by atoms with E-state index in [0.29, 0.717) is 12.8 Å². The lowest BCUT2D eigenvalue weighted by molar-refractivity contribution is 0.143. The van der Waals surface area contributed by atoms with Crippen molar-refractivity contribution >= 4 is 0 Å². The van der Waals surface area contributed by atoms with Gasteiger partial charge in [-0.2, -0.15) is 0 Å². The molecule has 1 aromatic rings. The van der Waals surface area contributed by atoms with Crippen molar-refractivity contribution in [1.29, 1.82) is 0 Å². The van der Waals surface area contributed by atoms with Crippen LogP contribution in [-0.4, -0.2) is 15.0 Å². The van der Waals surface area contributed by atoms with Crippen molar-refractivity contribution in [2.24, 2.45) is 0 Å². The molecule has 18 heavy (non-hydrogen) atoms. The molecule has 1 fully saturated rings. The molecule has 0 atom stereocenters. The lowest BCUT2D eigenvalue weighted by Crippen LogP contribution is -2.30. The van der Waals surface area contributed by atoms with Crippen molar-refractivity contribution in [2.45, 2.75) is 44.6 Å². The van der Waals surface area contributed by atoms with Gasteiger partial charge < -0.3 is 10.3 Å². The number of aromatic nitrogens is 1. The summed E-state index contributed by atoms with van der Waals surface area (Å²) < 4.78 is 27.5. The second-order valence-corrected chi connectivity index (χ2v) is 4.60. The van der Waals surface area contributed by atoms with Crippen LogP contribution in [0.1, 0.15) is 49.3 Å². The maximum Gasteiger partial charge on any atom is 0.319 e. The summed E-state index contributed by atoms with van der Waals surface area (Å²) >= 11 is 0. The minimum absolute atomic E-state index is 0.0554. The van der Waals surface area contributed by atoms with Crippen molar-refractivity contribution in [3.05, 3.63) is 33.2 Å². The van der Waals surface area contributed by atoms with Crippen molar-refractivity contribution in [2.75, 3.05) is 0 Å². The summed E-state index contributed by atoms with van der Waals surface area (Å²) in [7, 11) is 0. The van der Waals surface area contributed by atoms with Crippen LogP contribution in [0.25, 0.3) is 0 Å². The summed E-state index contributed by atoms with van der Waals surface area (Å²) in [4.78, 5) is 11.4. The second kappa shape index (κ2) is 5.06. The molecule has 0 radical (unpaired) electrons. The molecule has 1 aromatic heterocycles. The Kier molecular flexibility index (Phi) is 3.65. The van der Waals surface area contributed by atoms with Gasteiger partial charge in [-0.15, -0.1) is 4.73 Å². The first-order valence-electron chi connectivity index (χ1n) is 6.00. The zero-order valence-corrected chi connectivity index (χ0v) is 9.83. The van der Waals surface area contributed by atoms with E-state index in [1.807, 2.05) is 0 Å². The van der Waals surface area contributed by atoms with E-state index in [1.165, 1.54) is 0 Å². The third-order valence-corrected chi connectivity index (χ3v) is 3.51. The SMILES string of the molecule is O=c1c(F)c(CO)c(F)c(C2CCCCC2)n1O. The van der Waals surface area contributed by atoms with Crippen LogP contribution in [-0.2, 0) is 6.61 Å². The molecule has 0 bridgehead atoms. The summed E-state index contributed by atoms with van der Waals surface area (Å²) in [6, 6.07) is 0. The molecule has 2 rings (SSSR count). The molecule has 100 valence electrons. The van der Waals surface area contributed by atoms with Gasteiger partial charge in [0.25, 0.3) is 0 Å². The highest BCUT2D eigenvalue weighted by atomic mass is 19.1. The van der Waals surface area contributed by atoms with Gasteiger partial charge in [-0.25, -0.2) is 8.78 Å². The van der Waals surface area contributed by atoms with Crippen LogP contribution in [0.15, 0.2) is 4.79 Å². The van der Waals surface area contributed by atoms with E-state index in [2.05, 4.69) is 0 Å². The fraction of sp³-hybridized carbons (Fsp3) is 0.583. The monoisotopic (exact) mass is 259 g/mol. The Balaban J connectivity index is 2.58. The maximum atomic E-state index is 14.0. The lowest BCUT2D eigenvalue weighted by atomic mass is 9.86. The highest BCUT2D eigenvalue weighted by Gasteiger charge is 2.28. The predicted octanol–water partition coefficient (Wildman–Crippen LogP) is 1.90. The third-order valence-electron chi connectivity index (χ3n) is 3.51. The predicted molar refractivity (Wildman–Crippen MR) is 59.6 cm³/mol. The van der Waals surface area contributed by atoms with E-state index in [4.69, 9.17) is 5.11 Å². The molecule has 2 N–H and O–H groups in total. The van der Waals surface area contributed by atoms with E-state index in [9.17, 15) is 18.8 Å². The molecule has 1 aliphatic rings. The standard InChI is InChI=1S/C12H15F2NO3/c13-9-8(6-16)10(14)12(17)15(18)11(9)7-4-2-1-3-5-7/h7,16,18H,1-6H2. The lowest BCUT2D eigenvalue weighted by Gasteiger charge is -2.24. The van der Waals surface area contributed by atoms with E-state index in [-0.39, 0.29) is 16.3 Å². The number of hydrogen-bond donors (Lipinski definition) is 2. The molecule has 0 aliphatic heterocycles. The van der Waals surface area contributed by atoms with E-state index >= 15 is 0 Å². The molecule has 0 saturated heterocycles. The Morgan fingerprint density at radius 3 is 2.33 bits per heavy atom. The minimum Gasteiger partial charge on any atom is -0.425 e. The first-order chi connectivity index (χ1) is 8.57. The molecule has 4 nitrogen and oxygen atoms in total. The summed E-state index contributed by atoms with van der Waals surface area (Å²) in [5.41, 5.74) is -2.17. The Hall–Kier alpha value is -1.43. The fourth-order valence-electron chi connectivity index (χ4n) is 2.54. The Morgan fingerprint density at radius 2 is 1.78 bits per heavy atom. The summed E-state index contributed by atoms with van der Waals surface area (Å²) in [6.45, 7) is -0.895. The first-order valence-corrected chi connectivity index (χ1v) is 6.00. The maximum absolute atomic E-state index is 14.0. The van der Waals surface area contributed by atoms with Crippen LogP contribution < -0.4 is 5.56 Å². The number of aliphatic hydroxyl groups is 1. The number of rotatable bonds is 2. The number of aliphatic hydroxyl groups excluding tert-OH is 1. The zero-order chi connectivity index (χ0) is 13.3. The first kappa shape index (κ1) is 13.0. The largest absolute Gasteiger partial charge is 0.425 e. The highest BCUT2D eigenvalue weighted by molar-refractivity contribution is 5.24. The zero-order valence-electron chi connectivity index (χ0n) is 9.83. The smallest absolute Gasteiger partial charge is 0.319 e. The summed E-state index contributed by atoms with van der Waals surface area (Å²) in [5, 5.41) is 18.5. The third kappa shape index (κ3) is 2.01. The molecule has 0 unspecified atom stereocenters. The van der Waals surface area contributed by atoms with Crippen molar-refractivity contribution in [3.63, 3.8) is 0 Å². The van der Waals surface area contributed by atoms with Gasteiger partial charge in [-0.3, -0.25) is 4.79 Å². The number of halogens is 2. The van der Waals surface area contributed by atoms with Crippen molar-refractivity contribution in [1.82, 2.24) is 4.73 Å². The molecule has 1 saturated carbocycles. The van der Waals surface area contributed by atoms with Crippen molar-refractivity contribution in [3.8, 4) is 0 Å². The molecular weight excluding hydrogens is 244 g/mol. The number of nitrogens with zero attached hydrogens (tertiary/aromatic N) is 1. The van der Waals surface area contributed by atoms with Crippen LogP contribution in [0.2, 0.25) is 0 Å². The highest BCUT2D eigenvalue weighted by Crippen LogP contribution is 2.34. The van der Waals surface area contributed by atoms with Gasteiger partial charge in [0.15, 0.2) is 11.6 Å². The Morgan fingerprint density at radius 1 is 1.17 bits per heavy atom. The quantitative estimate of drug-likeness (QED) is 0.797. The van der Waals surface area contributed by atoms with E-state index < -0.39 is 29.4 Å². The van der Waals surface area contributed by atoms with E-state index in [0.717, 1.165) is 19.3 Å². The van der Waals surface area contributed by atoms with Gasteiger partial charge in [0.05, 0.1) is 12.2 Å². The van der Waals surface area contributed by atoms with E-state index in [1.54, 1.807) is 0 Å². The molecule has 6 heteroatoms. The van der Waals surface area contributed by atoms with Crippen LogP contribution in [0.5, 0.6) is 0 Å². The van der Waals surface area contributed by atoms with Gasteiger partial charge >= 0.3 is 5.56 Å². The second-order valence-electron chi connectivity index (χ2n) is 4.60. The number of pyridine rings is 1. The molecule has 0 spiro atoms. The van der Waals surface area contributed by atoms with Gasteiger partial charge in [0, 0.05) is 5.92 Å². The average Bonchev–Trinajstić information content (AvgIpc) is 2.38. The number of hydrogen-bond acceptors (Lipinski definition) is 3. The Labute approximate surface area is 102 Å². The molecule has 1 heterocycles. The van der Waals surface area contributed by atoms with Crippen LogP contribution in [0.4, 0.5) is 8.78 Å². The minimum atomic E-state index is -1.43. The summed E-state index contributed by atoms with van der Waals surface area (Å²) in [6.07, 6.45) is 4.08. The van der Waals surface area contributed by atoms with Gasteiger partial charge in [0.2, 0.25) is 0 Å². The van der Waals surface area contributed by atoms with Gasteiger partial charge in [0.1, 0.15) is 5.69 Å². The summed E-state index contributed by atoms with van der Waals surface area (Å²) in [5.74, 6) is -2.75. The Bertz CT molecular complexity index is 507. The van der Waals surface area contributed by atoms with Crippen LogP contribution in [0, 0.1) is 11.6 Å². The molecule has 1 aliphatic carbocycles. The normalized spacial score (nSPS) is 17.1. The van der Waals surface area contributed by atoms with Gasteiger partial charge in [-0.1, -0.05) is 19.3 Å². The average molecular weight is 259 g/mol. The van der Waals surface area contributed by atoms with Gasteiger partial charge in [-0.05, 0) is 12.8 Å². The topological polar surface area (TPSA) is 62.5 Å².